The molecule has 2 heterocycles. The Morgan fingerprint density at radius 2 is 1.73 bits per heavy atom. The van der Waals surface area contributed by atoms with Crippen LogP contribution < -0.4 is 16.0 Å². The molecule has 166 valence electrons. The molecule has 5 aromatic rings. The first-order valence-electron chi connectivity index (χ1n) is 11.3. The summed E-state index contributed by atoms with van der Waals surface area (Å²) in [7, 11) is 0. The van der Waals surface area contributed by atoms with E-state index in [1.54, 1.807) is 0 Å². The predicted octanol–water partition coefficient (Wildman–Crippen LogP) is 5.39. The van der Waals surface area contributed by atoms with E-state index in [1.165, 1.54) is 10.8 Å². The minimum absolute atomic E-state index is 0.635. The molecule has 0 amide bonds. The van der Waals surface area contributed by atoms with Crippen LogP contribution in [0.4, 0.5) is 17.2 Å². The highest BCUT2D eigenvalue weighted by atomic mass is 15.1. The molecule has 0 fully saturated rings. The Kier molecular flexibility index (Phi) is 5.67. The normalized spacial score (nSPS) is 11.2. The molecule has 33 heavy (non-hydrogen) atoms. The minimum Gasteiger partial charge on any atom is -0.371 e. The van der Waals surface area contributed by atoms with Gasteiger partial charge in [-0.15, -0.1) is 0 Å². The number of nitrogens with two attached hydrogens (primary N) is 1. The van der Waals surface area contributed by atoms with Crippen LogP contribution in [-0.4, -0.2) is 34.0 Å². The van der Waals surface area contributed by atoms with Crippen molar-refractivity contribution in [3.05, 3.63) is 84.8 Å². The Labute approximate surface area is 193 Å². The number of likely N-dealkylation sites (N-methyl/N-ethyl adjacent to an activating group) is 1. The number of imidazole rings is 1. The second-order valence-corrected chi connectivity index (χ2v) is 8.15. The van der Waals surface area contributed by atoms with Gasteiger partial charge in [0.25, 0.3) is 0 Å². The highest BCUT2D eigenvalue weighted by Gasteiger charge is 2.13. The van der Waals surface area contributed by atoms with Crippen molar-refractivity contribution in [1.29, 1.82) is 0 Å². The molecule has 0 aliphatic rings. The van der Waals surface area contributed by atoms with Crippen LogP contribution in [-0.2, 0) is 0 Å². The number of hydrogen-bond donors (Lipinski definition) is 2. The summed E-state index contributed by atoms with van der Waals surface area (Å²) in [5.74, 6) is 0.732. The molecule has 0 unspecified atom stereocenters. The van der Waals surface area contributed by atoms with Crippen LogP contribution in [0.3, 0.4) is 0 Å². The van der Waals surface area contributed by atoms with Crippen LogP contribution in [0.2, 0.25) is 0 Å². The molecule has 6 nitrogen and oxygen atoms in total. The fourth-order valence-corrected chi connectivity index (χ4v) is 4.30. The van der Waals surface area contributed by atoms with E-state index in [1.807, 2.05) is 13.1 Å². The third-order valence-electron chi connectivity index (χ3n) is 5.90. The third kappa shape index (κ3) is 4.13. The third-order valence-corrected chi connectivity index (χ3v) is 5.90. The quantitative estimate of drug-likeness (QED) is 0.358. The number of aryl methyl sites for hydroxylation is 1. The van der Waals surface area contributed by atoms with Gasteiger partial charge in [0.15, 0.2) is 11.5 Å². The zero-order chi connectivity index (χ0) is 22.8. The van der Waals surface area contributed by atoms with Gasteiger partial charge in [0.2, 0.25) is 0 Å². The fraction of sp³-hybridized carbons (Fsp3) is 0.185. The van der Waals surface area contributed by atoms with Crippen molar-refractivity contribution in [2.75, 3.05) is 29.9 Å². The van der Waals surface area contributed by atoms with Crippen LogP contribution >= 0.6 is 0 Å². The Morgan fingerprint density at radius 1 is 0.939 bits per heavy atom. The first-order valence-corrected chi connectivity index (χ1v) is 11.3. The molecule has 0 radical (unpaired) electrons. The van der Waals surface area contributed by atoms with E-state index in [0.717, 1.165) is 52.9 Å². The molecule has 0 atom stereocenters. The summed E-state index contributed by atoms with van der Waals surface area (Å²) in [6, 6.07) is 23.1. The Hall–Kier alpha value is -3.90. The lowest BCUT2D eigenvalue weighted by Gasteiger charge is -2.22. The van der Waals surface area contributed by atoms with E-state index >= 15 is 0 Å². The number of anilines is 3. The van der Waals surface area contributed by atoms with Crippen molar-refractivity contribution >= 4 is 33.6 Å². The number of aromatic nitrogens is 3. The molecule has 0 aliphatic heterocycles. The number of fused-ring (bicyclic) bond motifs is 2. The highest BCUT2D eigenvalue weighted by Crippen LogP contribution is 2.30. The maximum absolute atomic E-state index is 5.75. The van der Waals surface area contributed by atoms with Crippen LogP contribution in [0.5, 0.6) is 0 Å². The summed E-state index contributed by atoms with van der Waals surface area (Å²) >= 11 is 0. The fourth-order valence-electron chi connectivity index (χ4n) is 4.30. The molecule has 3 aromatic carbocycles. The van der Waals surface area contributed by atoms with E-state index in [9.17, 15) is 0 Å². The van der Waals surface area contributed by atoms with Gasteiger partial charge in [-0.3, -0.25) is 0 Å². The molecular weight excluding hydrogens is 408 g/mol. The van der Waals surface area contributed by atoms with Crippen molar-refractivity contribution in [3.63, 3.8) is 0 Å². The zero-order valence-corrected chi connectivity index (χ0v) is 19.0. The maximum atomic E-state index is 5.75. The molecular formula is C27H28N6. The second kappa shape index (κ2) is 8.92. The molecule has 6 heteroatoms. The first kappa shape index (κ1) is 21.0. The lowest BCUT2D eigenvalue weighted by Crippen LogP contribution is -2.28. The molecule has 5 rings (SSSR count). The topological polar surface area (TPSA) is 71.5 Å². The molecule has 0 saturated heterocycles. The van der Waals surface area contributed by atoms with Gasteiger partial charge >= 0.3 is 0 Å². The number of rotatable bonds is 7. The smallest absolute Gasteiger partial charge is 0.180 e. The molecule has 0 aliphatic carbocycles. The summed E-state index contributed by atoms with van der Waals surface area (Å²) in [5.41, 5.74) is 11.6. The van der Waals surface area contributed by atoms with Gasteiger partial charge in [0.1, 0.15) is 0 Å². The summed E-state index contributed by atoms with van der Waals surface area (Å²) < 4.78 is 2.05. The van der Waals surface area contributed by atoms with E-state index in [2.05, 4.69) is 94.5 Å². The molecule has 0 spiro atoms. The van der Waals surface area contributed by atoms with Gasteiger partial charge in [-0.05, 0) is 48.9 Å². The minimum atomic E-state index is 0.635. The number of nitrogens with one attached hydrogen (secondary N) is 1. The van der Waals surface area contributed by atoms with Gasteiger partial charge in [0.05, 0.1) is 11.4 Å². The Morgan fingerprint density at radius 3 is 2.52 bits per heavy atom. The van der Waals surface area contributed by atoms with Gasteiger partial charge < -0.3 is 20.4 Å². The van der Waals surface area contributed by atoms with Crippen molar-refractivity contribution in [1.82, 2.24) is 14.4 Å². The molecule has 2 aromatic heterocycles. The number of nitrogens with zero attached hydrogens (tertiary/aromatic N) is 4. The summed E-state index contributed by atoms with van der Waals surface area (Å²) in [5, 5.41) is 5.87. The lowest BCUT2D eigenvalue weighted by molar-refractivity contribution is 0.817. The molecule has 0 saturated carbocycles. The zero-order valence-electron chi connectivity index (χ0n) is 19.0. The highest BCUT2D eigenvalue weighted by molar-refractivity contribution is 5.96. The van der Waals surface area contributed by atoms with Gasteiger partial charge in [-0.2, -0.15) is 0 Å². The van der Waals surface area contributed by atoms with E-state index in [4.69, 9.17) is 15.7 Å². The van der Waals surface area contributed by atoms with Crippen LogP contribution in [0, 0.1) is 6.92 Å². The second-order valence-electron chi connectivity index (χ2n) is 8.15. The summed E-state index contributed by atoms with van der Waals surface area (Å²) in [6.45, 7) is 6.54. The largest absolute Gasteiger partial charge is 0.371 e. The standard InChI is InChI=1S/C27H28N6/c1-3-32(16-15-28)22-13-11-21(12-14-22)30-26-27-29-19(2)17-33(27)18-25(31-26)24-10-6-8-20-7-4-5-9-23(20)24/h4-14,17-18H,3,15-16,28H2,1-2H3,(H,30,31). The van der Waals surface area contributed by atoms with Crippen molar-refractivity contribution in [2.45, 2.75) is 13.8 Å². The maximum Gasteiger partial charge on any atom is 0.180 e. The van der Waals surface area contributed by atoms with Crippen molar-refractivity contribution < 1.29 is 0 Å². The Bertz CT molecular complexity index is 1400. The molecule has 3 N–H and O–H groups in total. The first-order chi connectivity index (χ1) is 16.2. The van der Waals surface area contributed by atoms with Gasteiger partial charge in [-0.25, -0.2) is 9.97 Å². The van der Waals surface area contributed by atoms with Crippen molar-refractivity contribution in [3.8, 4) is 11.3 Å². The van der Waals surface area contributed by atoms with Crippen LogP contribution in [0.1, 0.15) is 12.6 Å². The van der Waals surface area contributed by atoms with Crippen LogP contribution in [0.25, 0.3) is 27.7 Å². The van der Waals surface area contributed by atoms with Gasteiger partial charge in [-0.1, -0.05) is 42.5 Å². The van der Waals surface area contributed by atoms with Gasteiger partial charge in [0, 0.05) is 49.0 Å². The summed E-state index contributed by atoms with van der Waals surface area (Å²) in [6.07, 6.45) is 4.09. The SMILES string of the molecule is CCN(CCN)c1ccc(Nc2nc(-c3cccc4ccccc34)cn3cc(C)nc23)cc1. The van der Waals surface area contributed by atoms with E-state index in [0.29, 0.717) is 6.54 Å². The van der Waals surface area contributed by atoms with Crippen molar-refractivity contribution in [2.24, 2.45) is 5.73 Å². The summed E-state index contributed by atoms with van der Waals surface area (Å²) in [4.78, 5) is 12.0. The monoisotopic (exact) mass is 436 g/mol. The van der Waals surface area contributed by atoms with Crippen LogP contribution in [0.15, 0.2) is 79.1 Å². The molecule has 0 bridgehead atoms. The van der Waals surface area contributed by atoms with E-state index < -0.39 is 0 Å². The average Bonchev–Trinajstić information content (AvgIpc) is 3.23. The number of hydrogen-bond acceptors (Lipinski definition) is 5. The van der Waals surface area contributed by atoms with E-state index in [-0.39, 0.29) is 0 Å². The lowest BCUT2D eigenvalue weighted by atomic mass is 10.0. The average molecular weight is 437 g/mol. The Balaban J connectivity index is 1.56. The number of benzene rings is 3. The predicted molar refractivity (Wildman–Crippen MR) is 137 cm³/mol.